The summed E-state index contributed by atoms with van der Waals surface area (Å²) >= 11 is 0. The molecule has 0 aromatic carbocycles. The first-order valence-electron chi connectivity index (χ1n) is 8.46. The summed E-state index contributed by atoms with van der Waals surface area (Å²) in [6.45, 7) is 2.76. The van der Waals surface area contributed by atoms with E-state index in [-0.39, 0.29) is 44.3 Å². The molecule has 12 heteroatoms. The van der Waals surface area contributed by atoms with Crippen molar-refractivity contribution in [3.05, 3.63) is 11.6 Å². The number of carbonyl (C=O) groups is 2. The van der Waals surface area contributed by atoms with Gasteiger partial charge in [-0.2, -0.15) is 13.2 Å². The Balaban J connectivity index is 1.63. The van der Waals surface area contributed by atoms with E-state index in [1.807, 2.05) is 0 Å². The Kier molecular flexibility index (Phi) is 5.33. The number of carbonyl (C=O) groups excluding carboxylic acids is 2. The predicted molar refractivity (Wildman–Crippen MR) is 85.9 cm³/mol. The van der Waals surface area contributed by atoms with Gasteiger partial charge in [-0.05, 0) is 13.1 Å². The zero-order chi connectivity index (χ0) is 19.6. The van der Waals surface area contributed by atoms with Crippen LogP contribution in [0.2, 0.25) is 0 Å². The maximum Gasteiger partial charge on any atom is 0.451 e. The van der Waals surface area contributed by atoms with Crippen LogP contribution in [0.15, 0.2) is 4.99 Å². The van der Waals surface area contributed by atoms with Gasteiger partial charge in [0.15, 0.2) is 5.82 Å². The minimum Gasteiger partial charge on any atom is -0.448 e. The fourth-order valence-electron chi connectivity index (χ4n) is 3.13. The highest BCUT2D eigenvalue weighted by Gasteiger charge is 2.40. The van der Waals surface area contributed by atoms with Gasteiger partial charge in [0.05, 0.1) is 25.6 Å². The van der Waals surface area contributed by atoms with E-state index in [1.165, 1.54) is 9.80 Å². The number of ether oxygens (including phenoxy) is 1. The number of amides is 2. The fourth-order valence-corrected chi connectivity index (χ4v) is 3.13. The maximum absolute atomic E-state index is 12.9. The van der Waals surface area contributed by atoms with Crippen molar-refractivity contribution >= 4 is 18.2 Å². The second-order valence-corrected chi connectivity index (χ2v) is 6.23. The smallest absolute Gasteiger partial charge is 0.448 e. The second kappa shape index (κ2) is 7.53. The molecule has 2 aliphatic heterocycles. The van der Waals surface area contributed by atoms with E-state index in [2.05, 4.69) is 15.2 Å². The Morgan fingerprint density at radius 3 is 2.74 bits per heavy atom. The van der Waals surface area contributed by atoms with Crippen LogP contribution in [0, 0.1) is 0 Å². The summed E-state index contributed by atoms with van der Waals surface area (Å²) in [6, 6.07) is -0.446. The summed E-state index contributed by atoms with van der Waals surface area (Å²) in [5.41, 5.74) is 0. The Labute approximate surface area is 152 Å². The molecule has 2 aliphatic rings. The summed E-state index contributed by atoms with van der Waals surface area (Å²) in [4.78, 5) is 31.3. The summed E-state index contributed by atoms with van der Waals surface area (Å²) in [5.74, 6) is -1.22. The molecule has 0 bridgehead atoms. The van der Waals surface area contributed by atoms with Crippen LogP contribution in [0.1, 0.15) is 25.0 Å². The lowest BCUT2D eigenvalue weighted by molar-refractivity contribution is -0.148. The average Bonchev–Trinajstić information content (AvgIpc) is 3.20. The number of fused-ring (bicyclic) bond motifs is 1. The molecule has 1 aromatic rings. The number of alkyl halides is 3. The van der Waals surface area contributed by atoms with Crippen LogP contribution in [0.4, 0.5) is 18.0 Å². The highest BCUT2D eigenvalue weighted by molar-refractivity contribution is 5.77. The van der Waals surface area contributed by atoms with Crippen molar-refractivity contribution < 1.29 is 27.5 Å². The second-order valence-electron chi connectivity index (χ2n) is 6.23. The lowest BCUT2D eigenvalue weighted by Crippen LogP contribution is -2.42. The number of cyclic esters (lactones) is 1. The standard InChI is InChI=1S/C15H19F3N6O3/c1-2-19-10(8-23-5-6-27-14(23)26)7-12(25)22-3-4-24-11(9-22)20-21-13(24)15(16,17)18/h2,10H,3-9H2,1H3/t10-/m0/s1. The van der Waals surface area contributed by atoms with E-state index in [0.29, 0.717) is 13.2 Å². The predicted octanol–water partition coefficient (Wildman–Crippen LogP) is 0.941. The molecule has 0 spiro atoms. The third-order valence-electron chi connectivity index (χ3n) is 4.41. The number of rotatable bonds is 5. The van der Waals surface area contributed by atoms with Crippen LogP contribution >= 0.6 is 0 Å². The third-order valence-corrected chi connectivity index (χ3v) is 4.41. The Bertz CT molecular complexity index is 748. The van der Waals surface area contributed by atoms with Crippen LogP contribution in [0.3, 0.4) is 0 Å². The zero-order valence-electron chi connectivity index (χ0n) is 14.6. The van der Waals surface area contributed by atoms with Crippen molar-refractivity contribution in [1.82, 2.24) is 24.6 Å². The molecule has 0 radical (unpaired) electrons. The monoisotopic (exact) mass is 388 g/mol. The first-order chi connectivity index (χ1) is 12.8. The topological polar surface area (TPSA) is 92.9 Å². The van der Waals surface area contributed by atoms with Crippen molar-refractivity contribution in [2.24, 2.45) is 4.99 Å². The van der Waals surface area contributed by atoms with Gasteiger partial charge >= 0.3 is 12.3 Å². The number of nitrogens with zero attached hydrogens (tertiary/aromatic N) is 6. The number of aromatic nitrogens is 3. The molecule has 2 amide bonds. The van der Waals surface area contributed by atoms with E-state index in [4.69, 9.17) is 4.74 Å². The molecule has 3 rings (SSSR count). The molecule has 3 heterocycles. The van der Waals surface area contributed by atoms with Crippen molar-refractivity contribution in [2.45, 2.75) is 38.7 Å². The van der Waals surface area contributed by atoms with E-state index in [0.717, 1.165) is 4.57 Å². The summed E-state index contributed by atoms with van der Waals surface area (Å²) in [5, 5.41) is 6.76. The highest BCUT2D eigenvalue weighted by Crippen LogP contribution is 2.29. The molecule has 0 unspecified atom stereocenters. The van der Waals surface area contributed by atoms with Gasteiger partial charge in [0.2, 0.25) is 11.7 Å². The highest BCUT2D eigenvalue weighted by atomic mass is 19.4. The molecular formula is C15H19F3N6O3. The fraction of sp³-hybridized carbons (Fsp3) is 0.667. The van der Waals surface area contributed by atoms with Gasteiger partial charge in [-0.15, -0.1) is 10.2 Å². The molecule has 27 heavy (non-hydrogen) atoms. The third kappa shape index (κ3) is 4.19. The molecule has 0 aliphatic carbocycles. The largest absolute Gasteiger partial charge is 0.451 e. The SMILES string of the molecule is CC=N[C@@H](CC(=O)N1CCn2c(nnc2C(F)(F)F)C1)CN1CCOC1=O. The van der Waals surface area contributed by atoms with Crippen LogP contribution in [0.5, 0.6) is 0 Å². The first kappa shape index (κ1) is 19.1. The molecule has 1 atom stereocenters. The molecule has 0 saturated carbocycles. The number of hydrogen-bond donors (Lipinski definition) is 0. The zero-order valence-corrected chi connectivity index (χ0v) is 14.6. The maximum atomic E-state index is 12.9. The van der Waals surface area contributed by atoms with Gasteiger partial charge in [0.1, 0.15) is 6.61 Å². The molecular weight excluding hydrogens is 369 g/mol. The van der Waals surface area contributed by atoms with Gasteiger partial charge in [-0.1, -0.05) is 0 Å². The summed E-state index contributed by atoms with van der Waals surface area (Å²) in [6.07, 6.45) is -3.43. The van der Waals surface area contributed by atoms with Crippen LogP contribution in [0.25, 0.3) is 0 Å². The lowest BCUT2D eigenvalue weighted by Gasteiger charge is -2.29. The molecule has 148 valence electrons. The Morgan fingerprint density at radius 2 is 2.11 bits per heavy atom. The molecule has 1 saturated heterocycles. The minimum absolute atomic E-state index is 0.0247. The van der Waals surface area contributed by atoms with Gasteiger partial charge in [-0.25, -0.2) is 4.79 Å². The molecule has 0 N–H and O–H groups in total. The van der Waals surface area contributed by atoms with E-state index < -0.39 is 24.1 Å². The van der Waals surface area contributed by atoms with E-state index in [9.17, 15) is 22.8 Å². The Hall–Kier alpha value is -2.66. The van der Waals surface area contributed by atoms with Crippen molar-refractivity contribution in [1.29, 1.82) is 0 Å². The lowest BCUT2D eigenvalue weighted by atomic mass is 10.1. The van der Waals surface area contributed by atoms with Crippen LogP contribution in [-0.2, 0) is 28.8 Å². The quantitative estimate of drug-likeness (QED) is 0.700. The van der Waals surface area contributed by atoms with E-state index in [1.54, 1.807) is 13.1 Å². The van der Waals surface area contributed by atoms with Gasteiger partial charge in [0, 0.05) is 19.6 Å². The van der Waals surface area contributed by atoms with Crippen molar-refractivity contribution in [3.63, 3.8) is 0 Å². The van der Waals surface area contributed by atoms with Crippen LogP contribution < -0.4 is 0 Å². The molecule has 1 aromatic heterocycles. The number of hydrogen-bond acceptors (Lipinski definition) is 6. The number of halogens is 3. The first-order valence-corrected chi connectivity index (χ1v) is 8.46. The van der Waals surface area contributed by atoms with Crippen molar-refractivity contribution in [3.8, 4) is 0 Å². The Morgan fingerprint density at radius 1 is 1.33 bits per heavy atom. The molecule has 9 nitrogen and oxygen atoms in total. The average molecular weight is 388 g/mol. The minimum atomic E-state index is -4.58. The normalized spacial score (nSPS) is 18.7. The summed E-state index contributed by atoms with van der Waals surface area (Å²) in [7, 11) is 0. The van der Waals surface area contributed by atoms with Gasteiger partial charge in [0.25, 0.3) is 0 Å². The van der Waals surface area contributed by atoms with E-state index >= 15 is 0 Å². The number of aliphatic imine (C=N–C) groups is 1. The van der Waals surface area contributed by atoms with Crippen molar-refractivity contribution in [2.75, 3.05) is 26.2 Å². The molecule has 1 fully saturated rings. The van der Waals surface area contributed by atoms with Crippen LogP contribution in [-0.4, -0.2) is 75.1 Å². The summed E-state index contributed by atoms with van der Waals surface area (Å²) < 4.78 is 44.5. The van der Waals surface area contributed by atoms with Gasteiger partial charge < -0.3 is 19.1 Å². The van der Waals surface area contributed by atoms with Gasteiger partial charge in [-0.3, -0.25) is 9.79 Å².